The summed E-state index contributed by atoms with van der Waals surface area (Å²) in [5, 5.41) is 2.90. The monoisotopic (exact) mass is 534 g/mol. The van der Waals surface area contributed by atoms with Crippen molar-refractivity contribution in [2.75, 3.05) is 4.90 Å². The van der Waals surface area contributed by atoms with Crippen molar-refractivity contribution in [1.29, 1.82) is 0 Å². The molecule has 3 aromatic rings. The Hall–Kier alpha value is -2.37. The van der Waals surface area contributed by atoms with Crippen LogP contribution in [0.2, 0.25) is 0 Å². The summed E-state index contributed by atoms with van der Waals surface area (Å²) >= 11 is 4.42. The molecule has 5 nitrogen and oxygen atoms in total. The fraction of sp³-hybridized carbons (Fsp3) is 0.375. The number of hydrogen-bond donors (Lipinski definition) is 1. The molecule has 0 radical (unpaired) electrons. The Bertz CT molecular complexity index is 1430. The molecule has 1 aromatic carbocycles. The summed E-state index contributed by atoms with van der Waals surface area (Å²) in [6, 6.07) is 8.48. The van der Waals surface area contributed by atoms with Gasteiger partial charge in [0.25, 0.3) is 0 Å². The van der Waals surface area contributed by atoms with Crippen LogP contribution in [0.4, 0.5) is 18.9 Å². The number of H-pyrrole nitrogens is 1. The van der Waals surface area contributed by atoms with Crippen LogP contribution in [0.5, 0.6) is 0 Å². The van der Waals surface area contributed by atoms with Crippen LogP contribution in [0.25, 0.3) is 0 Å². The third-order valence-corrected chi connectivity index (χ3v) is 11.5. The molecule has 2 aromatic heterocycles. The van der Waals surface area contributed by atoms with E-state index in [4.69, 9.17) is 0 Å². The second-order valence-electron chi connectivity index (χ2n) is 9.54. The van der Waals surface area contributed by atoms with Crippen molar-refractivity contribution in [2.24, 2.45) is 29.6 Å². The van der Waals surface area contributed by atoms with Crippen molar-refractivity contribution < 1.29 is 22.8 Å². The Kier molecular flexibility index (Phi) is 4.58. The van der Waals surface area contributed by atoms with E-state index in [1.165, 1.54) is 23.5 Å². The van der Waals surface area contributed by atoms with Gasteiger partial charge in [0, 0.05) is 20.9 Å². The van der Waals surface area contributed by atoms with Crippen molar-refractivity contribution in [2.45, 2.75) is 28.8 Å². The summed E-state index contributed by atoms with van der Waals surface area (Å²) in [5.41, 5.74) is -0.900. The normalized spacial score (nSPS) is 33.2. The van der Waals surface area contributed by atoms with E-state index in [0.29, 0.717) is 0 Å². The average Bonchev–Trinajstić information content (AvgIpc) is 3.61. The van der Waals surface area contributed by atoms with Gasteiger partial charge in [-0.05, 0) is 53.8 Å². The van der Waals surface area contributed by atoms with Crippen molar-refractivity contribution in [3.05, 3.63) is 66.8 Å². The van der Waals surface area contributed by atoms with Crippen LogP contribution in [0.15, 0.2) is 51.6 Å². The van der Waals surface area contributed by atoms with Gasteiger partial charge in [-0.15, -0.1) is 23.1 Å². The van der Waals surface area contributed by atoms with Gasteiger partial charge in [-0.25, -0.2) is 0 Å². The van der Waals surface area contributed by atoms with Crippen LogP contribution in [0, 0.1) is 29.6 Å². The van der Waals surface area contributed by atoms with Gasteiger partial charge in [-0.3, -0.25) is 19.3 Å². The first-order valence-corrected chi connectivity index (χ1v) is 13.8. The molecule has 180 valence electrons. The molecule has 1 N–H and O–H groups in total. The molecule has 0 spiro atoms. The second kappa shape index (κ2) is 7.33. The number of thioether (sulfide) groups is 1. The molecule has 2 amide bonds. The summed E-state index contributed by atoms with van der Waals surface area (Å²) in [7, 11) is 0. The molecule has 4 heterocycles. The Morgan fingerprint density at radius 1 is 1.00 bits per heavy atom. The lowest BCUT2D eigenvalue weighted by Gasteiger charge is -2.42. The minimum absolute atomic E-state index is 0.0162. The Morgan fingerprint density at radius 2 is 1.77 bits per heavy atom. The zero-order valence-corrected chi connectivity index (χ0v) is 20.3. The Morgan fingerprint density at radius 3 is 2.49 bits per heavy atom. The number of halogens is 3. The smallest absolute Gasteiger partial charge is 0.307 e. The summed E-state index contributed by atoms with van der Waals surface area (Å²) in [6.07, 6.45) is -3.82. The van der Waals surface area contributed by atoms with Gasteiger partial charge in [-0.1, -0.05) is 23.5 Å². The standard InChI is InChI=1S/C24H17F3N2O3S3/c25-24(26,27)9-3-1-4-10(7-9)29-21(30)15-11-8-12(16(15)22(29)31)18-14(11)17(13-5-2-6-33-13)19-20(34-18)28-23(32)35-19/h1-7,11-12,14-18H,8H2,(H,28,32)/t11?,12?,14?,15?,16?,17-,18?/m1/s1. The summed E-state index contributed by atoms with van der Waals surface area (Å²) in [6.45, 7) is 0. The molecule has 2 aliphatic heterocycles. The SMILES string of the molecule is O=C1C2C3CC(C2C(=O)N1c1cccc(C(F)(F)F)c1)C1C3Sc2[nH]c(=O)sc2[C@@H]1c1cccs1. The van der Waals surface area contributed by atoms with Crippen molar-refractivity contribution in [3.63, 3.8) is 0 Å². The number of hydrogen-bond acceptors (Lipinski definition) is 6. The highest BCUT2D eigenvalue weighted by Gasteiger charge is 2.69. The van der Waals surface area contributed by atoms with E-state index in [1.54, 1.807) is 23.1 Å². The topological polar surface area (TPSA) is 70.2 Å². The highest BCUT2D eigenvalue weighted by molar-refractivity contribution is 8.00. The molecule has 4 aliphatic rings. The first kappa shape index (κ1) is 21.9. The van der Waals surface area contributed by atoms with Gasteiger partial charge < -0.3 is 4.98 Å². The average molecular weight is 535 g/mol. The summed E-state index contributed by atoms with van der Waals surface area (Å²) in [5.74, 6) is -1.94. The van der Waals surface area contributed by atoms with Crippen LogP contribution >= 0.6 is 34.4 Å². The molecule has 2 aliphatic carbocycles. The maximum Gasteiger partial charge on any atom is 0.416 e. The molecule has 7 rings (SSSR count). The molecule has 2 saturated carbocycles. The number of amides is 2. The maximum absolute atomic E-state index is 13.6. The third kappa shape index (κ3) is 2.97. The Labute approximate surface area is 209 Å². The van der Waals surface area contributed by atoms with Gasteiger partial charge in [0.2, 0.25) is 11.8 Å². The van der Waals surface area contributed by atoms with Crippen LogP contribution in [0.3, 0.4) is 0 Å². The highest BCUT2D eigenvalue weighted by Crippen LogP contribution is 2.69. The number of benzene rings is 1. The van der Waals surface area contributed by atoms with E-state index < -0.39 is 35.4 Å². The van der Waals surface area contributed by atoms with Crippen LogP contribution in [-0.2, 0) is 15.8 Å². The third-order valence-electron chi connectivity index (χ3n) is 8.01. The minimum atomic E-state index is -4.56. The predicted molar refractivity (Wildman–Crippen MR) is 127 cm³/mol. The van der Waals surface area contributed by atoms with Crippen molar-refractivity contribution in [1.82, 2.24) is 4.98 Å². The summed E-state index contributed by atoms with van der Waals surface area (Å²) < 4.78 is 39.9. The molecule has 7 atom stereocenters. The largest absolute Gasteiger partial charge is 0.416 e. The number of alkyl halides is 3. The number of thiazole rings is 1. The molecular formula is C24H17F3N2O3S3. The number of carbonyl (C=O) groups is 2. The van der Waals surface area contributed by atoms with Gasteiger partial charge in [-0.2, -0.15) is 13.2 Å². The number of fused-ring (bicyclic) bond motifs is 9. The van der Waals surface area contributed by atoms with Crippen molar-refractivity contribution in [3.8, 4) is 0 Å². The molecule has 3 fully saturated rings. The fourth-order valence-corrected chi connectivity index (χ4v) is 10.7. The number of thiophene rings is 1. The van der Waals surface area contributed by atoms with Gasteiger partial charge in [0.15, 0.2) is 0 Å². The first-order valence-electron chi connectivity index (χ1n) is 11.2. The number of nitrogens with one attached hydrogen (secondary N) is 1. The molecule has 11 heteroatoms. The lowest BCUT2D eigenvalue weighted by atomic mass is 9.69. The molecule has 6 unspecified atom stereocenters. The van der Waals surface area contributed by atoms with Crippen molar-refractivity contribution >= 4 is 51.9 Å². The predicted octanol–water partition coefficient (Wildman–Crippen LogP) is 5.19. The molecule has 35 heavy (non-hydrogen) atoms. The second-order valence-corrected chi connectivity index (χ2v) is 12.7. The highest BCUT2D eigenvalue weighted by atomic mass is 32.2. The van der Waals surface area contributed by atoms with Crippen LogP contribution in [0.1, 0.15) is 27.7 Å². The van der Waals surface area contributed by atoms with E-state index in [1.807, 2.05) is 11.4 Å². The number of anilines is 1. The lowest BCUT2D eigenvalue weighted by molar-refractivity contribution is -0.137. The number of aromatic nitrogens is 1. The van der Waals surface area contributed by atoms with E-state index in [2.05, 4.69) is 11.1 Å². The van der Waals surface area contributed by atoms with Gasteiger partial charge >= 0.3 is 11.0 Å². The molecule has 2 bridgehead atoms. The molecular weight excluding hydrogens is 517 g/mol. The van der Waals surface area contributed by atoms with Gasteiger partial charge in [0.05, 0.1) is 28.1 Å². The first-order chi connectivity index (χ1) is 16.7. The quantitative estimate of drug-likeness (QED) is 0.459. The Balaban J connectivity index is 1.30. The fourth-order valence-electron chi connectivity index (χ4n) is 6.88. The van der Waals surface area contributed by atoms with Crippen LogP contribution in [-0.4, -0.2) is 22.0 Å². The van der Waals surface area contributed by atoms with E-state index in [0.717, 1.165) is 38.2 Å². The number of rotatable bonds is 2. The van der Waals surface area contributed by atoms with E-state index >= 15 is 0 Å². The summed E-state index contributed by atoms with van der Waals surface area (Å²) in [4.78, 5) is 45.4. The zero-order chi connectivity index (χ0) is 24.2. The van der Waals surface area contributed by atoms with Crippen LogP contribution < -0.4 is 9.77 Å². The van der Waals surface area contributed by atoms with E-state index in [9.17, 15) is 27.6 Å². The number of carbonyl (C=O) groups excluding carboxylic acids is 2. The lowest BCUT2D eigenvalue weighted by Crippen LogP contribution is -2.42. The van der Waals surface area contributed by atoms with Gasteiger partial charge in [0.1, 0.15) is 0 Å². The van der Waals surface area contributed by atoms with E-state index in [-0.39, 0.29) is 39.5 Å². The minimum Gasteiger partial charge on any atom is -0.307 e. The zero-order valence-electron chi connectivity index (χ0n) is 17.8. The molecule has 1 saturated heterocycles. The number of imide groups is 1. The maximum atomic E-state index is 13.6. The number of nitrogens with zero attached hydrogens (tertiary/aromatic N) is 1. The number of aromatic amines is 1.